The average Bonchev–Trinajstić information content (AvgIpc) is 2.68. The van der Waals surface area contributed by atoms with Gasteiger partial charge in [0.2, 0.25) is 5.91 Å². The van der Waals surface area contributed by atoms with Gasteiger partial charge in [0.1, 0.15) is 5.56 Å². The van der Waals surface area contributed by atoms with Crippen molar-refractivity contribution in [2.45, 2.75) is 59.6 Å². The van der Waals surface area contributed by atoms with Crippen molar-refractivity contribution in [3.63, 3.8) is 0 Å². The van der Waals surface area contributed by atoms with E-state index in [1.54, 1.807) is 13.0 Å². The molecule has 0 fully saturated rings. The highest BCUT2D eigenvalue weighted by molar-refractivity contribution is 6.00. The van der Waals surface area contributed by atoms with E-state index < -0.39 is 17.6 Å². The fraction of sp³-hybridized carbons (Fsp3) is 0.346. The molecule has 2 nitrogen and oxygen atoms in total. The molecule has 0 saturated heterocycles. The van der Waals surface area contributed by atoms with E-state index in [0.29, 0.717) is 5.57 Å². The Hall–Kier alpha value is -3.00. The van der Waals surface area contributed by atoms with Gasteiger partial charge in [-0.3, -0.25) is 4.79 Å². The Balaban J connectivity index is 1.96. The van der Waals surface area contributed by atoms with Crippen LogP contribution in [0.4, 0.5) is 18.9 Å². The number of anilines is 1. The summed E-state index contributed by atoms with van der Waals surface area (Å²) >= 11 is 0. The second-order valence-corrected chi connectivity index (χ2v) is 7.86. The minimum Gasteiger partial charge on any atom is -0.315 e. The molecule has 1 N–H and O–H groups in total. The summed E-state index contributed by atoms with van der Waals surface area (Å²) in [5.74, 6) is -0.435. The van der Waals surface area contributed by atoms with Crippen LogP contribution in [0, 0.1) is 19.1 Å². The van der Waals surface area contributed by atoms with Gasteiger partial charge in [-0.15, -0.1) is 0 Å². The van der Waals surface area contributed by atoms with Gasteiger partial charge in [-0.05, 0) is 82.2 Å². The summed E-state index contributed by atoms with van der Waals surface area (Å²) in [7, 11) is 0. The summed E-state index contributed by atoms with van der Waals surface area (Å²) in [5.41, 5.74) is 4.24. The molecule has 31 heavy (non-hydrogen) atoms. The Bertz CT molecular complexity index is 959. The van der Waals surface area contributed by atoms with Gasteiger partial charge >= 0.3 is 6.18 Å². The van der Waals surface area contributed by atoms with Crippen LogP contribution in [0.15, 0.2) is 64.8 Å². The van der Waals surface area contributed by atoms with Gasteiger partial charge in [0.05, 0.1) is 5.69 Å². The highest BCUT2D eigenvalue weighted by Crippen LogP contribution is 2.29. The third-order valence-electron chi connectivity index (χ3n) is 5.05. The largest absolute Gasteiger partial charge is 0.424 e. The van der Waals surface area contributed by atoms with Crippen LogP contribution in [0.2, 0.25) is 0 Å². The van der Waals surface area contributed by atoms with Crippen LogP contribution in [-0.4, -0.2) is 5.91 Å². The van der Waals surface area contributed by atoms with E-state index >= 15 is 0 Å². The maximum atomic E-state index is 12.7. The van der Waals surface area contributed by atoms with Crippen molar-refractivity contribution < 1.29 is 18.0 Å². The van der Waals surface area contributed by atoms with Crippen LogP contribution in [0.5, 0.6) is 0 Å². The van der Waals surface area contributed by atoms with E-state index in [-0.39, 0.29) is 11.3 Å². The Kier molecular flexibility index (Phi) is 8.50. The zero-order valence-corrected chi connectivity index (χ0v) is 18.4. The normalized spacial score (nSPS) is 16.2. The quantitative estimate of drug-likeness (QED) is 0.371. The molecule has 1 aromatic carbocycles. The first-order valence-electron chi connectivity index (χ1n) is 10.3. The Labute approximate surface area is 182 Å². The molecule has 164 valence electrons. The fourth-order valence-corrected chi connectivity index (χ4v) is 3.19. The summed E-state index contributed by atoms with van der Waals surface area (Å²) in [6.45, 7) is 7.47. The zero-order valence-electron chi connectivity index (χ0n) is 18.4. The van der Waals surface area contributed by atoms with Crippen molar-refractivity contribution in [2.24, 2.45) is 0 Å². The molecule has 0 unspecified atom stereocenters. The highest BCUT2D eigenvalue weighted by Gasteiger charge is 2.31. The molecular weight excluding hydrogens is 399 g/mol. The first kappa shape index (κ1) is 24.3. The van der Waals surface area contributed by atoms with Crippen molar-refractivity contribution in [3.05, 3.63) is 88.1 Å². The maximum Gasteiger partial charge on any atom is 0.424 e. The van der Waals surface area contributed by atoms with Gasteiger partial charge in [0.25, 0.3) is 0 Å². The number of nitrogens with one attached hydrogen (secondary N) is 1. The van der Waals surface area contributed by atoms with Crippen LogP contribution in [-0.2, 0) is 11.0 Å². The summed E-state index contributed by atoms with van der Waals surface area (Å²) in [6, 6.07) is 5.36. The molecule has 0 radical (unpaired) electrons. The Morgan fingerprint density at radius 1 is 1.06 bits per heavy atom. The lowest BCUT2D eigenvalue weighted by molar-refractivity contribution is -0.137. The van der Waals surface area contributed by atoms with Crippen LogP contribution >= 0.6 is 0 Å². The number of carbonyl (C=O) groups excluding carboxylic acids is 1. The Morgan fingerprint density at radius 3 is 2.42 bits per heavy atom. The number of amides is 1. The number of alkyl halides is 3. The summed E-state index contributed by atoms with van der Waals surface area (Å²) in [6.07, 6.45) is 11.6. The number of hydrogen-bond donors (Lipinski definition) is 1. The molecule has 1 aliphatic carbocycles. The van der Waals surface area contributed by atoms with Crippen molar-refractivity contribution in [3.8, 4) is 0 Å². The molecule has 5 heteroatoms. The molecule has 0 atom stereocenters. The van der Waals surface area contributed by atoms with Gasteiger partial charge in [0.15, 0.2) is 0 Å². The standard InChI is InChI=1S/C26H28F3NO/c1-18(12-13-22-11-6-5-10-20(22)3)8-7-9-19(2)16-25(31)30-24-15-14-23(17-21(24)4)26(27,28)29/h7-9,12-13,16-17H,5-6,10-11H2,1-4H3,(H,30,31)/b9-7+,13-12+,18-8+,19-16+. The number of carbonyl (C=O) groups is 1. The predicted molar refractivity (Wildman–Crippen MR) is 119 cm³/mol. The first-order chi connectivity index (χ1) is 14.6. The SMILES string of the molecule is CC1=C(/C=C/C(C)=C/C=C/C(C)=C/C(=O)Nc2c#cc(C(F)(F)F)cc2C)CCCC1. The van der Waals surface area contributed by atoms with Crippen molar-refractivity contribution in [2.75, 3.05) is 5.32 Å². The molecule has 0 heterocycles. The number of halogens is 3. The lowest BCUT2D eigenvalue weighted by Gasteiger charge is -2.14. The van der Waals surface area contributed by atoms with Crippen molar-refractivity contribution in [1.82, 2.24) is 0 Å². The summed E-state index contributed by atoms with van der Waals surface area (Å²) in [4.78, 5) is 12.2. The fourth-order valence-electron chi connectivity index (χ4n) is 3.19. The van der Waals surface area contributed by atoms with Gasteiger partial charge in [-0.2, -0.15) is 13.2 Å². The van der Waals surface area contributed by atoms with Gasteiger partial charge < -0.3 is 5.32 Å². The second kappa shape index (κ2) is 10.9. The lowest BCUT2D eigenvalue weighted by atomic mass is 9.92. The monoisotopic (exact) mass is 427 g/mol. The number of allylic oxidation sites excluding steroid dienone is 9. The van der Waals surface area contributed by atoms with E-state index in [1.807, 2.05) is 25.1 Å². The minimum absolute atomic E-state index is 0.180. The van der Waals surface area contributed by atoms with Gasteiger partial charge in [0, 0.05) is 6.08 Å². The number of rotatable bonds is 6. The smallest absolute Gasteiger partial charge is 0.315 e. The van der Waals surface area contributed by atoms with E-state index in [1.165, 1.54) is 43.4 Å². The molecule has 0 aromatic heterocycles. The molecule has 0 aliphatic heterocycles. The molecule has 0 saturated carbocycles. The summed E-state index contributed by atoms with van der Waals surface area (Å²) < 4.78 is 38.1. The number of aryl methyl sites for hydroxylation is 1. The molecule has 1 amide bonds. The molecule has 0 spiro atoms. The van der Waals surface area contributed by atoms with E-state index in [4.69, 9.17) is 0 Å². The predicted octanol–water partition coefficient (Wildman–Crippen LogP) is 7.45. The highest BCUT2D eigenvalue weighted by atomic mass is 19.4. The van der Waals surface area contributed by atoms with Crippen LogP contribution in [0.1, 0.15) is 57.6 Å². The molecule has 1 aromatic rings. The topological polar surface area (TPSA) is 29.1 Å². The summed E-state index contributed by atoms with van der Waals surface area (Å²) in [5, 5.41) is 2.54. The Morgan fingerprint density at radius 2 is 1.77 bits per heavy atom. The minimum atomic E-state index is -4.49. The van der Waals surface area contributed by atoms with Crippen molar-refractivity contribution >= 4 is 11.6 Å². The van der Waals surface area contributed by atoms with Gasteiger partial charge in [-0.1, -0.05) is 47.6 Å². The maximum absolute atomic E-state index is 12.7. The van der Waals surface area contributed by atoms with Crippen LogP contribution < -0.4 is 5.32 Å². The van der Waals surface area contributed by atoms with E-state index in [0.717, 1.165) is 18.1 Å². The zero-order chi connectivity index (χ0) is 23.0. The lowest BCUT2D eigenvalue weighted by Crippen LogP contribution is -2.10. The average molecular weight is 428 g/mol. The molecule has 0 bridgehead atoms. The molecule has 1 aliphatic rings. The number of hydrogen-bond acceptors (Lipinski definition) is 1. The second-order valence-electron chi connectivity index (χ2n) is 7.86. The van der Waals surface area contributed by atoms with Crippen LogP contribution in [0.25, 0.3) is 0 Å². The molecular formula is C26H28F3NO. The van der Waals surface area contributed by atoms with Gasteiger partial charge in [-0.25, -0.2) is 0 Å². The molecule has 2 rings (SSSR count). The van der Waals surface area contributed by atoms with E-state index in [9.17, 15) is 18.0 Å². The third-order valence-corrected chi connectivity index (χ3v) is 5.05. The van der Waals surface area contributed by atoms with Crippen LogP contribution in [0.3, 0.4) is 0 Å². The first-order valence-corrected chi connectivity index (χ1v) is 10.3. The third kappa shape index (κ3) is 7.97. The van der Waals surface area contributed by atoms with E-state index in [2.05, 4.69) is 30.5 Å². The van der Waals surface area contributed by atoms with Crippen molar-refractivity contribution in [1.29, 1.82) is 0 Å².